The molecule has 2 unspecified atom stereocenters. The van der Waals surface area contributed by atoms with Crippen LogP contribution in [0, 0.1) is 0 Å². The summed E-state index contributed by atoms with van der Waals surface area (Å²) in [4.78, 5) is 2.37. The van der Waals surface area contributed by atoms with Gasteiger partial charge in [0.2, 0.25) is 0 Å². The summed E-state index contributed by atoms with van der Waals surface area (Å²) >= 11 is 14.1. The Bertz CT molecular complexity index is 430. The molecule has 3 N–H and O–H groups in total. The van der Waals surface area contributed by atoms with Crippen molar-refractivity contribution < 1.29 is 0 Å². The highest BCUT2D eigenvalue weighted by atomic mass is 35.5. The lowest BCUT2D eigenvalue weighted by Gasteiger charge is -2.37. The van der Waals surface area contributed by atoms with Crippen molar-refractivity contribution >= 4 is 35.0 Å². The molecule has 6 heteroatoms. The van der Waals surface area contributed by atoms with Crippen LogP contribution in [-0.4, -0.2) is 42.1 Å². The standard InChI is InChI=1S/C13H19Cl2N3S/c1-18-4-5-19-8-13(18)12(17-16)6-9-2-3-10(14)7-11(9)15/h2-3,7,12-13,17H,4-6,8,16H2,1H3. The van der Waals surface area contributed by atoms with Crippen LogP contribution in [0.2, 0.25) is 10.0 Å². The van der Waals surface area contributed by atoms with Gasteiger partial charge in [0.05, 0.1) is 0 Å². The van der Waals surface area contributed by atoms with Gasteiger partial charge in [0.1, 0.15) is 0 Å². The molecule has 19 heavy (non-hydrogen) atoms. The normalized spacial score (nSPS) is 22.4. The van der Waals surface area contributed by atoms with Crippen molar-refractivity contribution in [3.8, 4) is 0 Å². The zero-order valence-corrected chi connectivity index (χ0v) is 13.2. The minimum absolute atomic E-state index is 0.191. The second kappa shape index (κ2) is 7.16. The third-order valence-electron chi connectivity index (χ3n) is 3.58. The number of rotatable bonds is 4. The van der Waals surface area contributed by atoms with Crippen molar-refractivity contribution in [2.24, 2.45) is 5.84 Å². The molecule has 0 amide bonds. The summed E-state index contributed by atoms with van der Waals surface area (Å²) in [7, 11) is 2.15. The number of hydrogen-bond donors (Lipinski definition) is 2. The van der Waals surface area contributed by atoms with Gasteiger partial charge in [-0.25, -0.2) is 0 Å². The molecule has 1 heterocycles. The van der Waals surface area contributed by atoms with E-state index in [1.807, 2.05) is 23.9 Å². The van der Waals surface area contributed by atoms with Crippen LogP contribution < -0.4 is 11.3 Å². The van der Waals surface area contributed by atoms with Gasteiger partial charge in [-0.2, -0.15) is 11.8 Å². The van der Waals surface area contributed by atoms with Crippen LogP contribution in [0.4, 0.5) is 0 Å². The van der Waals surface area contributed by atoms with Crippen molar-refractivity contribution in [1.29, 1.82) is 0 Å². The number of nitrogens with zero attached hydrogens (tertiary/aromatic N) is 1. The zero-order chi connectivity index (χ0) is 13.8. The summed E-state index contributed by atoms with van der Waals surface area (Å²) in [6.07, 6.45) is 0.808. The fourth-order valence-electron chi connectivity index (χ4n) is 2.36. The van der Waals surface area contributed by atoms with E-state index in [1.165, 1.54) is 5.75 Å². The first-order valence-corrected chi connectivity index (χ1v) is 8.21. The van der Waals surface area contributed by atoms with Gasteiger partial charge in [-0.05, 0) is 31.2 Å². The van der Waals surface area contributed by atoms with Gasteiger partial charge in [-0.3, -0.25) is 11.3 Å². The Morgan fingerprint density at radius 1 is 1.53 bits per heavy atom. The van der Waals surface area contributed by atoms with Crippen molar-refractivity contribution in [2.45, 2.75) is 18.5 Å². The van der Waals surface area contributed by atoms with Crippen molar-refractivity contribution in [2.75, 3.05) is 25.1 Å². The maximum absolute atomic E-state index is 6.23. The van der Waals surface area contributed by atoms with Crippen molar-refractivity contribution in [3.05, 3.63) is 33.8 Å². The van der Waals surface area contributed by atoms with E-state index in [0.29, 0.717) is 16.1 Å². The summed E-state index contributed by atoms with van der Waals surface area (Å²) in [5.41, 5.74) is 4.03. The molecule has 1 aromatic carbocycles. The first kappa shape index (κ1) is 15.4. The maximum atomic E-state index is 6.23. The molecule has 3 nitrogen and oxygen atoms in total. The zero-order valence-electron chi connectivity index (χ0n) is 10.9. The van der Waals surface area contributed by atoms with E-state index in [1.54, 1.807) is 6.07 Å². The average molecular weight is 320 g/mol. The Balaban J connectivity index is 2.09. The third kappa shape index (κ3) is 4.00. The summed E-state index contributed by atoms with van der Waals surface area (Å²) in [6, 6.07) is 6.25. The Hall–Kier alpha value is 0.0300. The van der Waals surface area contributed by atoms with Gasteiger partial charge in [0.15, 0.2) is 0 Å². The highest BCUT2D eigenvalue weighted by molar-refractivity contribution is 7.99. The smallest absolute Gasteiger partial charge is 0.0453 e. The van der Waals surface area contributed by atoms with E-state index in [0.717, 1.165) is 24.3 Å². The minimum atomic E-state index is 0.191. The van der Waals surface area contributed by atoms with E-state index in [2.05, 4.69) is 17.4 Å². The summed E-state index contributed by atoms with van der Waals surface area (Å²) in [5.74, 6) is 8.02. The summed E-state index contributed by atoms with van der Waals surface area (Å²) < 4.78 is 0. The number of nitrogens with two attached hydrogens (primary N) is 1. The van der Waals surface area contributed by atoms with E-state index in [-0.39, 0.29) is 6.04 Å². The third-order valence-corrected chi connectivity index (χ3v) is 5.21. The monoisotopic (exact) mass is 319 g/mol. The molecule has 106 valence electrons. The number of nitrogens with one attached hydrogen (secondary N) is 1. The van der Waals surface area contributed by atoms with Crippen LogP contribution in [0.15, 0.2) is 18.2 Å². The first-order valence-electron chi connectivity index (χ1n) is 6.30. The molecule has 0 bridgehead atoms. The number of hydrazine groups is 1. The van der Waals surface area contributed by atoms with Crippen LogP contribution in [0.5, 0.6) is 0 Å². The topological polar surface area (TPSA) is 41.3 Å². The van der Waals surface area contributed by atoms with E-state index in [4.69, 9.17) is 29.0 Å². The van der Waals surface area contributed by atoms with E-state index in [9.17, 15) is 0 Å². The Kier molecular flexibility index (Phi) is 5.81. The second-order valence-corrected chi connectivity index (χ2v) is 6.83. The van der Waals surface area contributed by atoms with Gasteiger partial charge < -0.3 is 4.90 Å². The summed E-state index contributed by atoms with van der Waals surface area (Å²) in [5, 5.41) is 1.37. The van der Waals surface area contributed by atoms with Gasteiger partial charge in [0, 0.05) is 40.2 Å². The molecule has 0 aliphatic carbocycles. The molecule has 1 aromatic rings. The molecule has 2 atom stereocenters. The Labute approximate surface area is 128 Å². The largest absolute Gasteiger partial charge is 0.300 e. The van der Waals surface area contributed by atoms with Crippen LogP contribution in [0.3, 0.4) is 0 Å². The van der Waals surface area contributed by atoms with Crippen molar-refractivity contribution in [1.82, 2.24) is 10.3 Å². The lowest BCUT2D eigenvalue weighted by Crippen LogP contribution is -2.55. The van der Waals surface area contributed by atoms with Crippen LogP contribution in [0.25, 0.3) is 0 Å². The van der Waals surface area contributed by atoms with Crippen LogP contribution in [0.1, 0.15) is 5.56 Å². The highest BCUT2D eigenvalue weighted by Crippen LogP contribution is 2.25. The molecule has 0 aromatic heterocycles. The SMILES string of the molecule is CN1CCSCC1C(Cc1ccc(Cl)cc1Cl)NN. The number of benzene rings is 1. The average Bonchev–Trinajstić information content (AvgIpc) is 2.39. The van der Waals surface area contributed by atoms with E-state index < -0.39 is 0 Å². The molecular formula is C13H19Cl2N3S. The predicted octanol–water partition coefficient (Wildman–Crippen LogP) is 2.42. The Morgan fingerprint density at radius 3 is 2.95 bits per heavy atom. The summed E-state index contributed by atoms with van der Waals surface area (Å²) in [6.45, 7) is 1.10. The molecule has 1 saturated heterocycles. The number of halogens is 2. The number of thioether (sulfide) groups is 1. The molecular weight excluding hydrogens is 301 g/mol. The maximum Gasteiger partial charge on any atom is 0.0453 e. The van der Waals surface area contributed by atoms with Gasteiger partial charge in [0.25, 0.3) is 0 Å². The Morgan fingerprint density at radius 2 is 2.32 bits per heavy atom. The minimum Gasteiger partial charge on any atom is -0.300 e. The lowest BCUT2D eigenvalue weighted by atomic mass is 10.00. The molecule has 1 aliphatic heterocycles. The lowest BCUT2D eigenvalue weighted by molar-refractivity contribution is 0.214. The molecule has 0 saturated carbocycles. The molecule has 2 rings (SSSR count). The van der Waals surface area contributed by atoms with Crippen molar-refractivity contribution in [3.63, 3.8) is 0 Å². The van der Waals surface area contributed by atoms with Gasteiger partial charge in [-0.15, -0.1) is 0 Å². The van der Waals surface area contributed by atoms with E-state index >= 15 is 0 Å². The molecule has 0 radical (unpaired) electrons. The van der Waals surface area contributed by atoms with Gasteiger partial charge in [-0.1, -0.05) is 29.3 Å². The molecule has 0 spiro atoms. The van der Waals surface area contributed by atoms with Crippen LogP contribution in [-0.2, 0) is 6.42 Å². The first-order chi connectivity index (χ1) is 9.11. The molecule has 1 fully saturated rings. The molecule has 1 aliphatic rings. The van der Waals surface area contributed by atoms with Crippen LogP contribution >= 0.6 is 35.0 Å². The fourth-order valence-corrected chi connectivity index (χ4v) is 4.16. The highest BCUT2D eigenvalue weighted by Gasteiger charge is 2.27. The second-order valence-electron chi connectivity index (χ2n) is 4.84. The number of likely N-dealkylation sites (N-methyl/N-ethyl adjacent to an activating group) is 1. The fraction of sp³-hybridized carbons (Fsp3) is 0.538. The quantitative estimate of drug-likeness (QED) is 0.660. The predicted molar refractivity (Wildman–Crippen MR) is 85.0 cm³/mol. The number of hydrogen-bond acceptors (Lipinski definition) is 4. The van der Waals surface area contributed by atoms with Gasteiger partial charge >= 0.3 is 0 Å².